The van der Waals surface area contributed by atoms with Crippen molar-refractivity contribution in [3.05, 3.63) is 65.2 Å². The monoisotopic (exact) mass is 446 g/mol. The molecule has 9 heteroatoms. The largest absolute Gasteiger partial charge is 0.496 e. The van der Waals surface area contributed by atoms with Crippen LogP contribution in [0.15, 0.2) is 48.5 Å². The Hall–Kier alpha value is -2.91. The van der Waals surface area contributed by atoms with Gasteiger partial charge >= 0.3 is 5.97 Å². The predicted octanol–water partition coefficient (Wildman–Crippen LogP) is 1.57. The Bertz CT molecular complexity index is 1030. The first kappa shape index (κ1) is 22.8. The molecule has 0 radical (unpaired) electrons. The van der Waals surface area contributed by atoms with Gasteiger partial charge in [0.2, 0.25) is 5.91 Å². The molecule has 1 unspecified atom stereocenters. The summed E-state index contributed by atoms with van der Waals surface area (Å²) in [5.74, 6) is -0.309. The molecule has 1 aliphatic heterocycles. The van der Waals surface area contributed by atoms with Crippen LogP contribution in [-0.2, 0) is 25.9 Å². The molecule has 8 nitrogen and oxygen atoms in total. The fraction of sp³-hybridized carbons (Fsp3) is 0.364. The summed E-state index contributed by atoms with van der Waals surface area (Å²) in [6, 6.07) is 13.7. The first-order valence-corrected chi connectivity index (χ1v) is 11.7. The lowest BCUT2D eigenvalue weighted by Gasteiger charge is -2.33. The number of esters is 1. The summed E-state index contributed by atoms with van der Waals surface area (Å²) in [4.78, 5) is 27.0. The third-order valence-corrected chi connectivity index (χ3v) is 6.85. The zero-order valence-electron chi connectivity index (χ0n) is 17.5. The third kappa shape index (κ3) is 5.62. The van der Waals surface area contributed by atoms with E-state index in [0.29, 0.717) is 24.4 Å². The molecule has 1 saturated heterocycles. The van der Waals surface area contributed by atoms with Crippen molar-refractivity contribution in [1.82, 2.24) is 10.2 Å². The number of methoxy groups -OCH3 is 2. The number of sulfone groups is 1. The second kappa shape index (κ2) is 9.93. The van der Waals surface area contributed by atoms with Crippen molar-refractivity contribution in [2.24, 2.45) is 0 Å². The van der Waals surface area contributed by atoms with E-state index < -0.39 is 21.8 Å². The first-order valence-electron chi connectivity index (χ1n) is 9.87. The molecule has 1 amide bonds. The highest BCUT2D eigenvalue weighted by Crippen LogP contribution is 2.24. The highest BCUT2D eigenvalue weighted by Gasteiger charge is 2.32. The predicted molar refractivity (Wildman–Crippen MR) is 116 cm³/mol. The van der Waals surface area contributed by atoms with Gasteiger partial charge in [-0.1, -0.05) is 36.4 Å². The van der Waals surface area contributed by atoms with Gasteiger partial charge in [-0.2, -0.15) is 0 Å². The van der Waals surface area contributed by atoms with Crippen molar-refractivity contribution in [3.8, 4) is 5.75 Å². The van der Waals surface area contributed by atoms with E-state index in [2.05, 4.69) is 5.32 Å². The number of amides is 1. The zero-order chi connectivity index (χ0) is 22.4. The van der Waals surface area contributed by atoms with Gasteiger partial charge < -0.3 is 14.8 Å². The Labute approximate surface area is 182 Å². The van der Waals surface area contributed by atoms with E-state index in [1.807, 2.05) is 35.2 Å². The topological polar surface area (TPSA) is 102 Å². The number of nitrogens with zero attached hydrogens (tertiary/aromatic N) is 1. The number of rotatable bonds is 7. The first-order chi connectivity index (χ1) is 14.8. The SMILES string of the molecule is COC(=O)c1cc(CNC(=O)C(c2ccccc2)N2CCS(=O)(=O)CC2)ccc1OC. The molecule has 1 heterocycles. The fourth-order valence-corrected chi connectivity index (χ4v) is 4.80. The van der Waals surface area contributed by atoms with Crippen LogP contribution < -0.4 is 10.1 Å². The highest BCUT2D eigenvalue weighted by atomic mass is 32.2. The standard InChI is InChI=1S/C22H26N2O6S/c1-29-19-9-8-16(14-18(19)22(26)30-2)15-23-21(25)20(17-6-4-3-5-7-17)24-10-12-31(27,28)13-11-24/h3-9,14,20H,10-13,15H2,1-2H3,(H,23,25). The molecule has 0 saturated carbocycles. The van der Waals surface area contributed by atoms with Crippen LogP contribution in [-0.4, -0.2) is 64.0 Å². The zero-order valence-corrected chi connectivity index (χ0v) is 18.4. The summed E-state index contributed by atoms with van der Waals surface area (Å²) in [7, 11) is -0.308. The molecule has 0 bridgehead atoms. The number of carbonyl (C=O) groups excluding carboxylic acids is 2. The number of hydrogen-bond donors (Lipinski definition) is 1. The molecule has 1 aliphatic rings. The van der Waals surface area contributed by atoms with Gasteiger partial charge in [0.1, 0.15) is 17.4 Å². The molecule has 166 valence electrons. The van der Waals surface area contributed by atoms with E-state index >= 15 is 0 Å². The van der Waals surface area contributed by atoms with Crippen LogP contribution in [0.5, 0.6) is 5.75 Å². The van der Waals surface area contributed by atoms with Gasteiger partial charge in [0.15, 0.2) is 9.84 Å². The summed E-state index contributed by atoms with van der Waals surface area (Å²) >= 11 is 0. The molecule has 0 aliphatic carbocycles. The minimum Gasteiger partial charge on any atom is -0.496 e. The Kier molecular flexibility index (Phi) is 7.29. The molecular weight excluding hydrogens is 420 g/mol. The molecule has 1 fully saturated rings. The Morgan fingerprint density at radius 3 is 2.35 bits per heavy atom. The van der Waals surface area contributed by atoms with Crippen LogP contribution in [0.25, 0.3) is 0 Å². The maximum atomic E-state index is 13.2. The summed E-state index contributed by atoms with van der Waals surface area (Å²) in [6.07, 6.45) is 0. The molecule has 0 aromatic heterocycles. The van der Waals surface area contributed by atoms with Gasteiger partial charge in [-0.25, -0.2) is 13.2 Å². The minimum atomic E-state index is -3.06. The van der Waals surface area contributed by atoms with Crippen molar-refractivity contribution in [3.63, 3.8) is 0 Å². The van der Waals surface area contributed by atoms with Gasteiger partial charge in [-0.05, 0) is 23.3 Å². The van der Waals surface area contributed by atoms with Crippen LogP contribution in [0.3, 0.4) is 0 Å². The van der Waals surface area contributed by atoms with Crippen molar-refractivity contribution in [2.75, 3.05) is 38.8 Å². The smallest absolute Gasteiger partial charge is 0.341 e. The van der Waals surface area contributed by atoms with E-state index in [9.17, 15) is 18.0 Å². The maximum Gasteiger partial charge on any atom is 0.341 e. The highest BCUT2D eigenvalue weighted by molar-refractivity contribution is 7.91. The Morgan fingerprint density at radius 2 is 1.74 bits per heavy atom. The third-order valence-electron chi connectivity index (χ3n) is 5.24. The van der Waals surface area contributed by atoms with E-state index in [1.165, 1.54) is 14.2 Å². The average Bonchev–Trinajstić information content (AvgIpc) is 2.79. The molecule has 2 aromatic carbocycles. The van der Waals surface area contributed by atoms with E-state index in [-0.39, 0.29) is 29.5 Å². The lowest BCUT2D eigenvalue weighted by atomic mass is 10.0. The molecule has 1 N–H and O–H groups in total. The molecule has 1 atom stereocenters. The molecule has 3 rings (SSSR count). The van der Waals surface area contributed by atoms with E-state index in [0.717, 1.165) is 5.56 Å². The van der Waals surface area contributed by atoms with Crippen LogP contribution in [0, 0.1) is 0 Å². The normalized spacial score (nSPS) is 16.8. The maximum absolute atomic E-state index is 13.2. The number of benzene rings is 2. The second-order valence-corrected chi connectivity index (χ2v) is 9.55. The molecule has 2 aromatic rings. The number of ether oxygens (including phenoxy) is 2. The Balaban J connectivity index is 1.78. The van der Waals surface area contributed by atoms with Crippen molar-refractivity contribution in [2.45, 2.75) is 12.6 Å². The van der Waals surface area contributed by atoms with Gasteiger partial charge in [0.25, 0.3) is 0 Å². The number of nitrogens with one attached hydrogen (secondary N) is 1. The van der Waals surface area contributed by atoms with E-state index in [4.69, 9.17) is 9.47 Å². The number of carbonyl (C=O) groups is 2. The quantitative estimate of drug-likeness (QED) is 0.644. The molecule has 0 spiro atoms. The summed E-state index contributed by atoms with van der Waals surface area (Å²) in [5, 5.41) is 2.91. The van der Waals surface area contributed by atoms with Gasteiger partial charge in [-0.3, -0.25) is 9.69 Å². The lowest BCUT2D eigenvalue weighted by molar-refractivity contribution is -0.126. The van der Waals surface area contributed by atoms with Crippen LogP contribution in [0.4, 0.5) is 0 Å². The average molecular weight is 447 g/mol. The Morgan fingerprint density at radius 1 is 1.06 bits per heavy atom. The van der Waals surface area contributed by atoms with Gasteiger partial charge in [0, 0.05) is 19.6 Å². The molecule has 31 heavy (non-hydrogen) atoms. The lowest BCUT2D eigenvalue weighted by Crippen LogP contribution is -2.47. The van der Waals surface area contributed by atoms with Crippen molar-refractivity contribution < 1.29 is 27.5 Å². The summed E-state index contributed by atoms with van der Waals surface area (Å²) < 4.78 is 33.6. The fourth-order valence-electron chi connectivity index (χ4n) is 3.57. The van der Waals surface area contributed by atoms with Crippen LogP contribution >= 0.6 is 0 Å². The van der Waals surface area contributed by atoms with Gasteiger partial charge in [-0.15, -0.1) is 0 Å². The van der Waals surface area contributed by atoms with Crippen LogP contribution in [0.1, 0.15) is 27.5 Å². The summed E-state index contributed by atoms with van der Waals surface area (Å²) in [6.45, 7) is 0.789. The van der Waals surface area contributed by atoms with E-state index in [1.54, 1.807) is 18.2 Å². The second-order valence-electron chi connectivity index (χ2n) is 7.25. The van der Waals surface area contributed by atoms with Gasteiger partial charge in [0.05, 0.1) is 25.7 Å². The molecular formula is C22H26N2O6S. The van der Waals surface area contributed by atoms with Crippen molar-refractivity contribution in [1.29, 1.82) is 0 Å². The minimum absolute atomic E-state index is 0.0323. The number of hydrogen-bond acceptors (Lipinski definition) is 7. The summed E-state index contributed by atoms with van der Waals surface area (Å²) in [5.41, 5.74) is 1.78. The van der Waals surface area contributed by atoms with Crippen LogP contribution in [0.2, 0.25) is 0 Å². The van der Waals surface area contributed by atoms with Crippen molar-refractivity contribution >= 4 is 21.7 Å².